The van der Waals surface area contributed by atoms with Crippen molar-refractivity contribution in [3.05, 3.63) is 46.3 Å². The van der Waals surface area contributed by atoms with Gasteiger partial charge in [0.05, 0.1) is 20.9 Å². The fraction of sp³-hybridized carbons (Fsp3) is 0.0833. The lowest BCUT2D eigenvalue weighted by atomic mass is 10.3. The number of hydrogen-bond donors (Lipinski definition) is 1. The molecule has 0 bridgehead atoms. The predicted molar refractivity (Wildman–Crippen MR) is 73.9 cm³/mol. The Balaban J connectivity index is 1.99. The van der Waals surface area contributed by atoms with Crippen molar-refractivity contribution >= 4 is 39.0 Å². The molecule has 0 unspecified atom stereocenters. The van der Waals surface area contributed by atoms with Gasteiger partial charge in [-0.1, -0.05) is 23.7 Å². The lowest BCUT2D eigenvalue weighted by Crippen LogP contribution is -1.99. The standard InChI is InChI=1S/C12H9ClN4S/c13-11-8(15-6-16-12(11)14)5-10-17-7-3-1-2-4-9(7)18-10/h1-4,6H,5H2,(H2,14,15,16). The minimum Gasteiger partial charge on any atom is -0.382 e. The van der Waals surface area contributed by atoms with Crippen molar-refractivity contribution in [2.45, 2.75) is 6.42 Å². The second kappa shape index (κ2) is 4.51. The number of anilines is 1. The zero-order valence-corrected chi connectivity index (χ0v) is 10.9. The molecule has 18 heavy (non-hydrogen) atoms. The molecular weight excluding hydrogens is 268 g/mol. The third-order valence-corrected chi connectivity index (χ3v) is 3.99. The second-order valence-corrected chi connectivity index (χ2v) is 5.26. The second-order valence-electron chi connectivity index (χ2n) is 3.77. The smallest absolute Gasteiger partial charge is 0.145 e. The molecule has 3 rings (SSSR count). The van der Waals surface area contributed by atoms with Gasteiger partial charge in [0.25, 0.3) is 0 Å². The molecule has 0 saturated heterocycles. The molecule has 0 aliphatic carbocycles. The van der Waals surface area contributed by atoms with E-state index in [9.17, 15) is 0 Å². The Kier molecular flexibility index (Phi) is 2.85. The molecule has 3 aromatic rings. The third kappa shape index (κ3) is 2.02. The van der Waals surface area contributed by atoms with Crippen LogP contribution in [-0.2, 0) is 6.42 Å². The molecule has 0 fully saturated rings. The lowest BCUT2D eigenvalue weighted by molar-refractivity contribution is 1.02. The maximum Gasteiger partial charge on any atom is 0.145 e. The Morgan fingerprint density at radius 2 is 2.06 bits per heavy atom. The van der Waals surface area contributed by atoms with Gasteiger partial charge in [0.2, 0.25) is 0 Å². The van der Waals surface area contributed by atoms with E-state index in [1.165, 1.54) is 6.33 Å². The van der Waals surface area contributed by atoms with Crippen molar-refractivity contribution in [2.75, 3.05) is 5.73 Å². The van der Waals surface area contributed by atoms with Crippen molar-refractivity contribution in [2.24, 2.45) is 0 Å². The summed E-state index contributed by atoms with van der Waals surface area (Å²) in [6.45, 7) is 0. The molecule has 0 aliphatic rings. The molecule has 4 nitrogen and oxygen atoms in total. The first-order chi connectivity index (χ1) is 8.74. The summed E-state index contributed by atoms with van der Waals surface area (Å²) in [6, 6.07) is 8.01. The third-order valence-electron chi connectivity index (χ3n) is 2.55. The van der Waals surface area contributed by atoms with Crippen molar-refractivity contribution in [3.63, 3.8) is 0 Å². The van der Waals surface area contributed by atoms with Crippen molar-refractivity contribution in [3.8, 4) is 0 Å². The van der Waals surface area contributed by atoms with Gasteiger partial charge in [-0.2, -0.15) is 0 Å². The van der Waals surface area contributed by atoms with Crippen molar-refractivity contribution < 1.29 is 0 Å². The van der Waals surface area contributed by atoms with Crippen LogP contribution in [0.25, 0.3) is 10.2 Å². The largest absolute Gasteiger partial charge is 0.382 e. The summed E-state index contributed by atoms with van der Waals surface area (Å²) in [5.41, 5.74) is 7.36. The van der Waals surface area contributed by atoms with Crippen LogP contribution >= 0.6 is 22.9 Å². The van der Waals surface area contributed by atoms with E-state index < -0.39 is 0 Å². The Labute approximate surface area is 112 Å². The average Bonchev–Trinajstić information content (AvgIpc) is 2.77. The summed E-state index contributed by atoms with van der Waals surface area (Å²) < 4.78 is 1.16. The lowest BCUT2D eigenvalue weighted by Gasteiger charge is -2.01. The van der Waals surface area contributed by atoms with Gasteiger partial charge in [0.1, 0.15) is 17.2 Å². The van der Waals surface area contributed by atoms with Crippen LogP contribution in [-0.4, -0.2) is 15.0 Å². The fourth-order valence-electron chi connectivity index (χ4n) is 1.68. The van der Waals surface area contributed by atoms with E-state index in [0.717, 1.165) is 15.2 Å². The van der Waals surface area contributed by atoms with Crippen LogP contribution in [0.5, 0.6) is 0 Å². The number of thiazole rings is 1. The zero-order valence-electron chi connectivity index (χ0n) is 9.30. The minimum atomic E-state index is 0.308. The summed E-state index contributed by atoms with van der Waals surface area (Å²) in [4.78, 5) is 12.5. The Morgan fingerprint density at radius 3 is 2.89 bits per heavy atom. The zero-order chi connectivity index (χ0) is 12.5. The number of nitrogen functional groups attached to an aromatic ring is 1. The SMILES string of the molecule is Nc1ncnc(Cc2nc3ccccc3s2)c1Cl. The number of halogens is 1. The van der Waals surface area contributed by atoms with E-state index >= 15 is 0 Å². The van der Waals surface area contributed by atoms with Gasteiger partial charge in [0, 0.05) is 6.42 Å². The van der Waals surface area contributed by atoms with Gasteiger partial charge in [-0.3, -0.25) is 0 Å². The highest BCUT2D eigenvalue weighted by Gasteiger charge is 2.10. The predicted octanol–water partition coefficient (Wildman–Crippen LogP) is 2.91. The van der Waals surface area contributed by atoms with Crippen LogP contribution < -0.4 is 5.73 Å². The van der Waals surface area contributed by atoms with Gasteiger partial charge < -0.3 is 5.73 Å². The quantitative estimate of drug-likeness (QED) is 0.782. The highest BCUT2D eigenvalue weighted by molar-refractivity contribution is 7.18. The maximum absolute atomic E-state index is 6.07. The minimum absolute atomic E-state index is 0.308. The molecule has 1 aromatic carbocycles. The number of hydrogen-bond acceptors (Lipinski definition) is 5. The highest BCUT2D eigenvalue weighted by atomic mass is 35.5. The molecule has 2 N–H and O–H groups in total. The van der Waals surface area contributed by atoms with Gasteiger partial charge in [-0.15, -0.1) is 11.3 Å². The van der Waals surface area contributed by atoms with Crippen LogP contribution in [0.3, 0.4) is 0 Å². The summed E-state index contributed by atoms with van der Waals surface area (Å²) >= 11 is 7.70. The summed E-state index contributed by atoms with van der Waals surface area (Å²) in [6.07, 6.45) is 1.99. The summed E-state index contributed by atoms with van der Waals surface area (Å²) in [5.74, 6) is 0.308. The first-order valence-electron chi connectivity index (χ1n) is 5.33. The molecule has 2 aromatic heterocycles. The van der Waals surface area contributed by atoms with Gasteiger partial charge >= 0.3 is 0 Å². The van der Waals surface area contributed by atoms with E-state index in [1.54, 1.807) is 11.3 Å². The number of fused-ring (bicyclic) bond motifs is 1. The molecule has 0 saturated carbocycles. The van der Waals surface area contributed by atoms with Gasteiger partial charge in [-0.25, -0.2) is 15.0 Å². The Morgan fingerprint density at radius 1 is 1.22 bits per heavy atom. The Hall–Kier alpha value is -1.72. The van der Waals surface area contributed by atoms with Crippen molar-refractivity contribution in [1.82, 2.24) is 15.0 Å². The number of nitrogens with zero attached hydrogens (tertiary/aromatic N) is 3. The average molecular weight is 277 g/mol. The van der Waals surface area contributed by atoms with E-state index in [1.807, 2.05) is 24.3 Å². The van der Waals surface area contributed by atoms with Crippen LogP contribution in [0.2, 0.25) is 5.02 Å². The maximum atomic E-state index is 6.07. The molecule has 0 aliphatic heterocycles. The van der Waals surface area contributed by atoms with E-state index in [2.05, 4.69) is 15.0 Å². The summed E-state index contributed by atoms with van der Waals surface area (Å²) in [7, 11) is 0. The number of benzene rings is 1. The Bertz CT molecular complexity index is 677. The molecular formula is C12H9ClN4S. The number of nitrogens with two attached hydrogens (primary N) is 1. The van der Waals surface area contributed by atoms with Crippen LogP contribution in [0.15, 0.2) is 30.6 Å². The fourth-order valence-corrected chi connectivity index (χ4v) is 2.82. The van der Waals surface area contributed by atoms with E-state index in [4.69, 9.17) is 17.3 Å². The first kappa shape index (κ1) is 11.4. The summed E-state index contributed by atoms with van der Waals surface area (Å²) in [5, 5.41) is 1.38. The van der Waals surface area contributed by atoms with E-state index in [0.29, 0.717) is 23.0 Å². The monoisotopic (exact) mass is 276 g/mol. The first-order valence-corrected chi connectivity index (χ1v) is 6.53. The van der Waals surface area contributed by atoms with E-state index in [-0.39, 0.29) is 0 Å². The van der Waals surface area contributed by atoms with Crippen LogP contribution in [0.4, 0.5) is 5.82 Å². The number of para-hydroxylation sites is 1. The number of rotatable bonds is 2. The molecule has 0 radical (unpaired) electrons. The number of aromatic nitrogens is 3. The van der Waals surface area contributed by atoms with Crippen molar-refractivity contribution in [1.29, 1.82) is 0 Å². The highest BCUT2D eigenvalue weighted by Crippen LogP contribution is 2.26. The molecule has 0 amide bonds. The van der Waals surface area contributed by atoms with Crippen LogP contribution in [0.1, 0.15) is 10.7 Å². The topological polar surface area (TPSA) is 64.7 Å². The van der Waals surface area contributed by atoms with Gasteiger partial charge in [0.15, 0.2) is 0 Å². The molecule has 2 heterocycles. The normalized spacial score (nSPS) is 10.9. The van der Waals surface area contributed by atoms with Crippen LogP contribution in [0, 0.1) is 0 Å². The van der Waals surface area contributed by atoms with Gasteiger partial charge in [-0.05, 0) is 12.1 Å². The molecule has 6 heteroatoms. The molecule has 0 spiro atoms. The molecule has 90 valence electrons. The molecule has 0 atom stereocenters.